The van der Waals surface area contributed by atoms with Crippen molar-refractivity contribution in [3.8, 4) is 0 Å². The maximum absolute atomic E-state index is 12.2. The predicted octanol–water partition coefficient (Wildman–Crippen LogP) is 2.44. The number of ether oxygens (including phenoxy) is 2. The number of carbonyl (C=O) groups is 1. The van der Waals surface area contributed by atoms with E-state index in [0.29, 0.717) is 19.0 Å². The summed E-state index contributed by atoms with van der Waals surface area (Å²) >= 11 is 5.99. The number of hydrogen-bond donors (Lipinski definition) is 1. The molecule has 1 unspecified atom stereocenters. The first kappa shape index (κ1) is 17.1. The van der Waals surface area contributed by atoms with Crippen LogP contribution in [0.15, 0.2) is 6.20 Å². The highest BCUT2D eigenvalue weighted by Crippen LogP contribution is 2.40. The third-order valence-electron chi connectivity index (χ3n) is 3.47. The van der Waals surface area contributed by atoms with E-state index in [-0.39, 0.29) is 16.8 Å². The van der Waals surface area contributed by atoms with Crippen LogP contribution in [0.5, 0.6) is 0 Å². The summed E-state index contributed by atoms with van der Waals surface area (Å²) in [5.74, 6) is -0.139. The van der Waals surface area contributed by atoms with Gasteiger partial charge in [0.05, 0.1) is 23.4 Å². The largest absolute Gasteiger partial charge is 0.455 e. The van der Waals surface area contributed by atoms with Gasteiger partial charge in [-0.1, -0.05) is 24.9 Å². The van der Waals surface area contributed by atoms with Gasteiger partial charge in [-0.3, -0.25) is 0 Å². The number of rotatable bonds is 8. The molecule has 1 aromatic rings. The third kappa shape index (κ3) is 4.38. The van der Waals surface area contributed by atoms with Crippen molar-refractivity contribution in [3.63, 3.8) is 0 Å². The molecule has 1 atom stereocenters. The molecule has 0 aliphatic heterocycles. The van der Waals surface area contributed by atoms with Crippen molar-refractivity contribution < 1.29 is 14.3 Å². The molecule has 0 aromatic carbocycles. The van der Waals surface area contributed by atoms with Crippen molar-refractivity contribution in [3.05, 3.63) is 22.7 Å². The lowest BCUT2D eigenvalue weighted by molar-refractivity contribution is 0.00116. The zero-order chi connectivity index (χ0) is 16.2. The van der Waals surface area contributed by atoms with Crippen molar-refractivity contribution in [1.82, 2.24) is 9.97 Å². The number of unbranched alkanes of at least 4 members (excludes halogenated alkanes) is 1. The van der Waals surface area contributed by atoms with Crippen LogP contribution in [0.3, 0.4) is 0 Å². The van der Waals surface area contributed by atoms with Crippen LogP contribution in [0.4, 0.5) is 0 Å². The number of nitrogens with zero attached hydrogens (tertiary/aromatic N) is 2. The first-order valence-electron chi connectivity index (χ1n) is 7.57. The van der Waals surface area contributed by atoms with Crippen LogP contribution in [0.1, 0.15) is 55.8 Å². The summed E-state index contributed by atoms with van der Waals surface area (Å²) in [6, 6.07) is 0. The molecule has 7 heteroatoms. The molecule has 1 aromatic heterocycles. The van der Waals surface area contributed by atoms with E-state index >= 15 is 0 Å². The van der Waals surface area contributed by atoms with Gasteiger partial charge in [0.15, 0.2) is 5.69 Å². The highest BCUT2D eigenvalue weighted by Gasteiger charge is 2.43. The van der Waals surface area contributed by atoms with E-state index in [9.17, 15) is 4.79 Å². The summed E-state index contributed by atoms with van der Waals surface area (Å²) in [5.41, 5.74) is 5.58. The lowest BCUT2D eigenvalue weighted by Crippen LogP contribution is -2.25. The average Bonchev–Trinajstić information content (AvgIpc) is 3.23. The Morgan fingerprint density at radius 3 is 2.91 bits per heavy atom. The predicted molar refractivity (Wildman–Crippen MR) is 82.7 cm³/mol. The molecular weight excluding hydrogens is 306 g/mol. The van der Waals surface area contributed by atoms with Gasteiger partial charge in [-0.15, -0.1) is 0 Å². The van der Waals surface area contributed by atoms with Crippen molar-refractivity contribution in [2.45, 2.75) is 51.2 Å². The van der Waals surface area contributed by atoms with Crippen LogP contribution in [-0.2, 0) is 15.0 Å². The molecular formula is C15H22ClN3O3. The second kappa shape index (κ2) is 7.35. The number of halogens is 1. The molecule has 6 nitrogen and oxygen atoms in total. The fraction of sp³-hybridized carbons (Fsp3) is 0.667. The molecule has 0 spiro atoms. The molecule has 0 bridgehead atoms. The van der Waals surface area contributed by atoms with E-state index in [1.54, 1.807) is 6.92 Å². The van der Waals surface area contributed by atoms with E-state index in [2.05, 4.69) is 16.9 Å². The Hall–Kier alpha value is -1.24. The third-order valence-corrected chi connectivity index (χ3v) is 3.75. The van der Waals surface area contributed by atoms with Crippen molar-refractivity contribution in [1.29, 1.82) is 0 Å². The van der Waals surface area contributed by atoms with Crippen LogP contribution >= 0.6 is 11.6 Å². The lowest BCUT2D eigenvalue weighted by atomic mass is 10.2. The Kier molecular flexibility index (Phi) is 5.72. The first-order valence-corrected chi connectivity index (χ1v) is 7.94. The van der Waals surface area contributed by atoms with Gasteiger partial charge in [-0.25, -0.2) is 14.8 Å². The van der Waals surface area contributed by atoms with E-state index in [0.717, 1.165) is 25.7 Å². The Morgan fingerprint density at radius 1 is 1.55 bits per heavy atom. The van der Waals surface area contributed by atoms with Gasteiger partial charge in [0.2, 0.25) is 0 Å². The zero-order valence-electron chi connectivity index (χ0n) is 13.0. The maximum Gasteiger partial charge on any atom is 0.358 e. The molecule has 22 heavy (non-hydrogen) atoms. The minimum atomic E-state index is -0.579. The molecule has 1 aliphatic rings. The number of esters is 1. The standard InChI is InChI=1S/C15H22ClN3O3/c1-3-4-7-21-9-10(2)22-13(20)12-11(16)8-18-14(19-12)15(17)5-6-15/h8,10H,3-7,9,17H2,1-2H3. The summed E-state index contributed by atoms with van der Waals surface area (Å²) in [4.78, 5) is 20.5. The van der Waals surface area contributed by atoms with Gasteiger partial charge in [-0.05, 0) is 26.2 Å². The summed E-state index contributed by atoms with van der Waals surface area (Å²) in [6.07, 6.45) is 4.70. The molecule has 1 saturated carbocycles. The van der Waals surface area contributed by atoms with Gasteiger partial charge in [0.1, 0.15) is 11.9 Å². The Balaban J connectivity index is 1.94. The Morgan fingerprint density at radius 2 is 2.27 bits per heavy atom. The van der Waals surface area contributed by atoms with Crippen LogP contribution < -0.4 is 5.73 Å². The first-order chi connectivity index (χ1) is 10.5. The second-order valence-electron chi connectivity index (χ2n) is 5.69. The maximum atomic E-state index is 12.2. The molecule has 0 saturated heterocycles. The quantitative estimate of drug-likeness (QED) is 0.583. The summed E-state index contributed by atoms with van der Waals surface area (Å²) < 4.78 is 10.7. The molecule has 1 aliphatic carbocycles. The minimum Gasteiger partial charge on any atom is -0.455 e. The number of aromatic nitrogens is 2. The molecule has 1 heterocycles. The van der Waals surface area contributed by atoms with E-state index in [1.807, 2.05) is 0 Å². The van der Waals surface area contributed by atoms with E-state index in [1.165, 1.54) is 6.20 Å². The van der Waals surface area contributed by atoms with Crippen LogP contribution in [0.2, 0.25) is 5.02 Å². The normalized spacial score (nSPS) is 17.1. The fourth-order valence-corrected chi connectivity index (χ4v) is 2.04. The molecule has 0 radical (unpaired) electrons. The Labute approximate surface area is 135 Å². The van der Waals surface area contributed by atoms with Crippen molar-refractivity contribution >= 4 is 17.6 Å². The number of carbonyl (C=O) groups excluding carboxylic acids is 1. The fourth-order valence-electron chi connectivity index (χ4n) is 1.88. The van der Waals surface area contributed by atoms with Gasteiger partial charge >= 0.3 is 5.97 Å². The molecule has 2 N–H and O–H groups in total. The monoisotopic (exact) mass is 327 g/mol. The summed E-state index contributed by atoms with van der Waals surface area (Å²) in [7, 11) is 0. The van der Waals surface area contributed by atoms with Gasteiger partial charge < -0.3 is 15.2 Å². The van der Waals surface area contributed by atoms with Gasteiger partial charge in [-0.2, -0.15) is 0 Å². The second-order valence-corrected chi connectivity index (χ2v) is 6.10. The average molecular weight is 328 g/mol. The van der Waals surface area contributed by atoms with E-state index < -0.39 is 11.5 Å². The van der Waals surface area contributed by atoms with E-state index in [4.69, 9.17) is 26.8 Å². The molecule has 122 valence electrons. The topological polar surface area (TPSA) is 87.3 Å². The van der Waals surface area contributed by atoms with Crippen molar-refractivity contribution in [2.75, 3.05) is 13.2 Å². The smallest absolute Gasteiger partial charge is 0.358 e. The lowest BCUT2D eigenvalue weighted by Gasteiger charge is -2.14. The summed E-state index contributed by atoms with van der Waals surface area (Å²) in [5, 5.41) is 0.164. The van der Waals surface area contributed by atoms with Crippen molar-refractivity contribution in [2.24, 2.45) is 5.73 Å². The highest BCUT2D eigenvalue weighted by atomic mass is 35.5. The van der Waals surface area contributed by atoms with Gasteiger partial charge in [0, 0.05) is 6.61 Å². The van der Waals surface area contributed by atoms with Gasteiger partial charge in [0.25, 0.3) is 0 Å². The highest BCUT2D eigenvalue weighted by molar-refractivity contribution is 6.33. The zero-order valence-corrected chi connectivity index (χ0v) is 13.7. The molecule has 2 rings (SSSR count). The number of hydrogen-bond acceptors (Lipinski definition) is 6. The summed E-state index contributed by atoms with van der Waals surface area (Å²) in [6.45, 7) is 4.87. The van der Waals surface area contributed by atoms with Crippen LogP contribution in [0, 0.1) is 0 Å². The van der Waals surface area contributed by atoms with Crippen LogP contribution in [-0.4, -0.2) is 35.3 Å². The molecule has 1 fully saturated rings. The SMILES string of the molecule is CCCCOCC(C)OC(=O)c1nc(C2(N)CC2)ncc1Cl. The van der Waals surface area contributed by atoms with Crippen LogP contribution in [0.25, 0.3) is 0 Å². The molecule has 0 amide bonds. The Bertz CT molecular complexity index is 535. The minimum absolute atomic E-state index is 0.0591. The number of nitrogens with two attached hydrogens (primary N) is 1.